The van der Waals surface area contributed by atoms with Crippen molar-refractivity contribution in [3.8, 4) is 0 Å². The van der Waals surface area contributed by atoms with Crippen LogP contribution in [-0.2, 0) is 27.8 Å². The SMILES string of the molecule is CCn1ccc2cc(S(=O)(=O)N3CCCC(C(=O)NCCc4ccccc4Cl)C3)ccc21. The van der Waals surface area contributed by atoms with Crippen LogP contribution in [0.1, 0.15) is 25.3 Å². The lowest BCUT2D eigenvalue weighted by molar-refractivity contribution is -0.126. The highest BCUT2D eigenvalue weighted by Gasteiger charge is 2.33. The van der Waals surface area contributed by atoms with E-state index in [0.29, 0.717) is 37.4 Å². The molecule has 0 radical (unpaired) electrons. The second-order valence-electron chi connectivity index (χ2n) is 8.16. The number of hydrogen-bond donors (Lipinski definition) is 1. The van der Waals surface area contributed by atoms with Gasteiger partial charge in [0, 0.05) is 48.3 Å². The van der Waals surface area contributed by atoms with Crippen LogP contribution in [0, 0.1) is 5.92 Å². The minimum atomic E-state index is -3.66. The van der Waals surface area contributed by atoms with Crippen LogP contribution >= 0.6 is 11.6 Å². The molecule has 1 atom stereocenters. The maximum atomic E-state index is 13.3. The highest BCUT2D eigenvalue weighted by atomic mass is 35.5. The van der Waals surface area contributed by atoms with Crippen LogP contribution in [0.5, 0.6) is 0 Å². The van der Waals surface area contributed by atoms with E-state index in [2.05, 4.69) is 16.8 Å². The Hall–Kier alpha value is -2.35. The van der Waals surface area contributed by atoms with Gasteiger partial charge in [0.1, 0.15) is 0 Å². The van der Waals surface area contributed by atoms with E-state index in [0.717, 1.165) is 23.0 Å². The van der Waals surface area contributed by atoms with Crippen LogP contribution in [0.3, 0.4) is 0 Å². The molecule has 1 saturated heterocycles. The Morgan fingerprint density at radius 1 is 1.19 bits per heavy atom. The van der Waals surface area contributed by atoms with Crippen molar-refractivity contribution in [3.63, 3.8) is 0 Å². The molecule has 0 saturated carbocycles. The lowest BCUT2D eigenvalue weighted by Gasteiger charge is -2.31. The summed E-state index contributed by atoms with van der Waals surface area (Å²) in [6.45, 7) is 3.98. The molecule has 0 bridgehead atoms. The van der Waals surface area contributed by atoms with E-state index >= 15 is 0 Å². The summed E-state index contributed by atoms with van der Waals surface area (Å²) >= 11 is 6.17. The molecule has 6 nitrogen and oxygen atoms in total. The predicted octanol–water partition coefficient (Wildman–Crippen LogP) is 4.07. The van der Waals surface area contributed by atoms with Gasteiger partial charge in [-0.1, -0.05) is 29.8 Å². The highest BCUT2D eigenvalue weighted by Crippen LogP contribution is 2.27. The van der Waals surface area contributed by atoms with E-state index in [1.807, 2.05) is 42.6 Å². The summed E-state index contributed by atoms with van der Waals surface area (Å²) in [6, 6.07) is 14.7. The number of nitrogens with one attached hydrogen (secondary N) is 1. The van der Waals surface area contributed by atoms with Gasteiger partial charge in [-0.05, 0) is 62.1 Å². The number of hydrogen-bond acceptors (Lipinski definition) is 3. The van der Waals surface area contributed by atoms with E-state index in [9.17, 15) is 13.2 Å². The fourth-order valence-corrected chi connectivity index (χ4v) is 6.09. The van der Waals surface area contributed by atoms with Crippen LogP contribution in [0.4, 0.5) is 0 Å². The van der Waals surface area contributed by atoms with Crippen molar-refractivity contribution in [2.45, 2.75) is 37.6 Å². The average molecular weight is 474 g/mol. The molecule has 1 fully saturated rings. The number of nitrogens with zero attached hydrogens (tertiary/aromatic N) is 2. The van der Waals surface area contributed by atoms with Crippen molar-refractivity contribution in [1.29, 1.82) is 0 Å². The van der Waals surface area contributed by atoms with Crippen molar-refractivity contribution >= 4 is 38.4 Å². The van der Waals surface area contributed by atoms with Crippen molar-refractivity contribution in [2.24, 2.45) is 5.92 Å². The zero-order chi connectivity index (χ0) is 22.7. The number of halogens is 1. The third kappa shape index (κ3) is 4.70. The summed E-state index contributed by atoms with van der Waals surface area (Å²) < 4.78 is 30.1. The van der Waals surface area contributed by atoms with Gasteiger partial charge >= 0.3 is 0 Å². The highest BCUT2D eigenvalue weighted by molar-refractivity contribution is 7.89. The van der Waals surface area contributed by atoms with E-state index in [-0.39, 0.29) is 23.3 Å². The van der Waals surface area contributed by atoms with Gasteiger partial charge in [0.25, 0.3) is 0 Å². The molecule has 2 aromatic carbocycles. The molecule has 170 valence electrons. The van der Waals surface area contributed by atoms with Gasteiger partial charge in [-0.3, -0.25) is 4.79 Å². The van der Waals surface area contributed by atoms with Crippen LogP contribution in [0.25, 0.3) is 10.9 Å². The monoisotopic (exact) mass is 473 g/mol. The Balaban J connectivity index is 1.41. The molecule has 3 aromatic rings. The molecule has 2 heterocycles. The number of carbonyl (C=O) groups excluding carboxylic acids is 1. The van der Waals surface area contributed by atoms with Gasteiger partial charge in [0.05, 0.1) is 10.8 Å². The predicted molar refractivity (Wildman–Crippen MR) is 127 cm³/mol. The maximum Gasteiger partial charge on any atom is 0.243 e. The first-order valence-corrected chi connectivity index (χ1v) is 12.8. The molecule has 1 aliphatic heterocycles. The first kappa shape index (κ1) is 22.8. The Morgan fingerprint density at radius 2 is 2.00 bits per heavy atom. The second kappa shape index (κ2) is 9.65. The van der Waals surface area contributed by atoms with Crippen LogP contribution in [-0.4, -0.2) is 42.8 Å². The number of fused-ring (bicyclic) bond motifs is 1. The number of benzene rings is 2. The molecule has 4 rings (SSSR count). The molecule has 1 aliphatic rings. The Bertz CT molecular complexity index is 1220. The van der Waals surface area contributed by atoms with Gasteiger partial charge in [-0.2, -0.15) is 4.31 Å². The van der Waals surface area contributed by atoms with Crippen LogP contribution < -0.4 is 5.32 Å². The number of piperidine rings is 1. The van der Waals surface area contributed by atoms with Gasteiger partial charge in [0.15, 0.2) is 0 Å². The van der Waals surface area contributed by atoms with Crippen molar-refractivity contribution < 1.29 is 13.2 Å². The molecule has 0 aliphatic carbocycles. The Kier molecular flexibility index (Phi) is 6.88. The van der Waals surface area contributed by atoms with Crippen LogP contribution in [0.15, 0.2) is 59.6 Å². The zero-order valence-corrected chi connectivity index (χ0v) is 19.7. The van der Waals surface area contributed by atoms with Crippen molar-refractivity contribution in [3.05, 3.63) is 65.3 Å². The van der Waals surface area contributed by atoms with Gasteiger partial charge in [-0.25, -0.2) is 8.42 Å². The standard InChI is InChI=1S/C24H28ClN3O3S/c1-2-27-15-12-19-16-21(9-10-23(19)27)32(30,31)28-14-5-7-20(17-28)24(29)26-13-11-18-6-3-4-8-22(18)25/h3-4,6,8-10,12,15-16,20H,2,5,7,11,13-14,17H2,1H3,(H,26,29). The van der Waals surface area contributed by atoms with E-state index < -0.39 is 10.0 Å². The first-order chi connectivity index (χ1) is 15.4. The molecule has 8 heteroatoms. The number of aromatic nitrogens is 1. The zero-order valence-electron chi connectivity index (χ0n) is 18.1. The molecule has 1 unspecified atom stereocenters. The fourth-order valence-electron chi connectivity index (χ4n) is 4.30. The van der Waals surface area contributed by atoms with E-state index in [4.69, 9.17) is 11.6 Å². The summed E-state index contributed by atoms with van der Waals surface area (Å²) in [6.07, 6.45) is 3.95. The third-order valence-electron chi connectivity index (χ3n) is 6.13. The molecule has 1 aromatic heterocycles. The minimum absolute atomic E-state index is 0.104. The fraction of sp³-hybridized carbons (Fsp3) is 0.375. The summed E-state index contributed by atoms with van der Waals surface area (Å²) in [5.41, 5.74) is 2.00. The van der Waals surface area contributed by atoms with Crippen molar-refractivity contribution in [2.75, 3.05) is 19.6 Å². The van der Waals surface area contributed by atoms with Crippen LogP contribution in [0.2, 0.25) is 5.02 Å². The lowest BCUT2D eigenvalue weighted by atomic mass is 9.99. The molecule has 1 N–H and O–H groups in total. The average Bonchev–Trinajstić information content (AvgIpc) is 3.23. The minimum Gasteiger partial charge on any atom is -0.355 e. The largest absolute Gasteiger partial charge is 0.355 e. The molecule has 1 amide bonds. The quantitative estimate of drug-likeness (QED) is 0.562. The number of carbonyl (C=O) groups is 1. The normalized spacial score (nSPS) is 17.5. The molecule has 32 heavy (non-hydrogen) atoms. The summed E-state index contributed by atoms with van der Waals surface area (Å²) in [5, 5.41) is 4.54. The number of rotatable bonds is 7. The third-order valence-corrected chi connectivity index (χ3v) is 8.36. The number of aryl methyl sites for hydroxylation is 1. The lowest BCUT2D eigenvalue weighted by Crippen LogP contribution is -2.45. The first-order valence-electron chi connectivity index (χ1n) is 11.0. The summed E-state index contributed by atoms with van der Waals surface area (Å²) in [5.74, 6) is -0.456. The number of sulfonamides is 1. The summed E-state index contributed by atoms with van der Waals surface area (Å²) in [4.78, 5) is 13.0. The number of amides is 1. The molecular weight excluding hydrogens is 446 g/mol. The topological polar surface area (TPSA) is 71.4 Å². The van der Waals surface area contributed by atoms with Gasteiger partial charge < -0.3 is 9.88 Å². The van der Waals surface area contributed by atoms with Gasteiger partial charge in [-0.15, -0.1) is 0 Å². The maximum absolute atomic E-state index is 13.3. The Morgan fingerprint density at radius 3 is 2.78 bits per heavy atom. The Labute approximate surface area is 194 Å². The smallest absolute Gasteiger partial charge is 0.243 e. The van der Waals surface area contributed by atoms with E-state index in [1.54, 1.807) is 12.1 Å². The van der Waals surface area contributed by atoms with E-state index in [1.165, 1.54) is 4.31 Å². The second-order valence-corrected chi connectivity index (χ2v) is 10.5. The summed E-state index contributed by atoms with van der Waals surface area (Å²) in [7, 11) is -3.66. The van der Waals surface area contributed by atoms with Gasteiger partial charge in [0.2, 0.25) is 15.9 Å². The van der Waals surface area contributed by atoms with Crippen molar-refractivity contribution in [1.82, 2.24) is 14.2 Å². The molecule has 0 spiro atoms. The molecular formula is C24H28ClN3O3S.